The first-order chi connectivity index (χ1) is 29.6. The minimum Gasteiger partial charge on any atom is -0.309 e. The van der Waals surface area contributed by atoms with Crippen molar-refractivity contribution in [1.82, 2.24) is 9.13 Å². The van der Waals surface area contributed by atoms with Crippen LogP contribution in [0, 0.1) is 0 Å². The molecule has 2 nitrogen and oxygen atoms in total. The molecule has 1 aliphatic carbocycles. The molecular formula is C58H46N2. The fourth-order valence-corrected chi connectivity index (χ4v) is 9.62. The number of aromatic nitrogens is 2. The summed E-state index contributed by atoms with van der Waals surface area (Å²) >= 11 is 0. The molecule has 0 bridgehead atoms. The highest BCUT2D eigenvalue weighted by atomic mass is 15.0. The van der Waals surface area contributed by atoms with Crippen molar-refractivity contribution in [2.75, 3.05) is 0 Å². The molecule has 10 aromatic rings. The highest BCUT2D eigenvalue weighted by molar-refractivity contribution is 6.12. The van der Waals surface area contributed by atoms with Gasteiger partial charge in [-0.1, -0.05) is 159 Å². The van der Waals surface area contributed by atoms with Crippen molar-refractivity contribution < 1.29 is 0 Å². The SMILES string of the molecule is CCC(C)c1cc(-c2ccccc2)cc(-n2c3ccccc3c3cc(-c4cccc5c6c(n(-c7cc(-c8ccccc8)cc(-c8ccccc8)c7)c45)C=CCC6)ccc32)c1. The van der Waals surface area contributed by atoms with Crippen LogP contribution >= 0.6 is 0 Å². The molecule has 0 saturated heterocycles. The lowest BCUT2D eigenvalue weighted by molar-refractivity contribution is 0.733. The van der Waals surface area contributed by atoms with Gasteiger partial charge in [-0.25, -0.2) is 0 Å². The first-order valence-electron chi connectivity index (χ1n) is 21.5. The van der Waals surface area contributed by atoms with Crippen molar-refractivity contribution in [3.05, 3.63) is 211 Å². The van der Waals surface area contributed by atoms with Crippen LogP contribution in [0.3, 0.4) is 0 Å². The summed E-state index contributed by atoms with van der Waals surface area (Å²) in [5.41, 5.74) is 19.9. The molecule has 0 saturated carbocycles. The number of hydrogen-bond acceptors (Lipinski definition) is 0. The van der Waals surface area contributed by atoms with Gasteiger partial charge in [0.25, 0.3) is 0 Å². The molecule has 8 aromatic carbocycles. The van der Waals surface area contributed by atoms with Gasteiger partial charge < -0.3 is 9.13 Å². The molecule has 1 aliphatic rings. The minimum atomic E-state index is 0.446. The normalized spacial score (nSPS) is 13.0. The standard InChI is InChI=1S/C58H46N2/c1-3-39(2)44-32-45(40-18-7-4-8-19-40)35-48(34-44)59-55-28-15-14-25-52(55)54-38-43(30-31-57(54)59)50-26-17-27-53-51-24-13-16-29-56(51)60(58(50)53)49-36-46(41-20-9-5-10-21-41)33-47(37-49)42-22-11-6-12-23-42/h4-12,14-23,25-39H,3,13,24H2,1-2H3. The van der Waals surface area contributed by atoms with Crippen LogP contribution < -0.4 is 0 Å². The average molecular weight is 771 g/mol. The molecule has 2 heterocycles. The van der Waals surface area contributed by atoms with Gasteiger partial charge in [-0.2, -0.15) is 0 Å². The molecule has 60 heavy (non-hydrogen) atoms. The van der Waals surface area contributed by atoms with Crippen LogP contribution in [-0.4, -0.2) is 9.13 Å². The van der Waals surface area contributed by atoms with E-state index in [0.29, 0.717) is 5.92 Å². The average Bonchev–Trinajstić information content (AvgIpc) is 3.85. The van der Waals surface area contributed by atoms with Crippen LogP contribution in [0.15, 0.2) is 194 Å². The molecule has 0 radical (unpaired) electrons. The second-order valence-corrected chi connectivity index (χ2v) is 16.4. The van der Waals surface area contributed by atoms with Crippen LogP contribution in [0.1, 0.15) is 49.4 Å². The number of aryl methyl sites for hydroxylation is 1. The lowest BCUT2D eigenvalue weighted by Crippen LogP contribution is -2.02. The van der Waals surface area contributed by atoms with Gasteiger partial charge in [0.15, 0.2) is 0 Å². The van der Waals surface area contributed by atoms with E-state index in [-0.39, 0.29) is 0 Å². The first-order valence-corrected chi connectivity index (χ1v) is 21.5. The number of nitrogens with zero attached hydrogens (tertiary/aromatic N) is 2. The van der Waals surface area contributed by atoms with Gasteiger partial charge in [-0.3, -0.25) is 0 Å². The van der Waals surface area contributed by atoms with Crippen molar-refractivity contribution in [1.29, 1.82) is 0 Å². The largest absolute Gasteiger partial charge is 0.309 e. The molecule has 2 heteroatoms. The van der Waals surface area contributed by atoms with E-state index in [1.54, 1.807) is 0 Å². The molecular weight excluding hydrogens is 725 g/mol. The van der Waals surface area contributed by atoms with Gasteiger partial charge in [0, 0.05) is 38.8 Å². The predicted molar refractivity (Wildman–Crippen MR) is 255 cm³/mol. The Morgan fingerprint density at radius 2 is 1.05 bits per heavy atom. The summed E-state index contributed by atoms with van der Waals surface area (Å²) in [6.45, 7) is 4.63. The second-order valence-electron chi connectivity index (χ2n) is 16.4. The summed E-state index contributed by atoms with van der Waals surface area (Å²) < 4.78 is 5.03. The summed E-state index contributed by atoms with van der Waals surface area (Å²) in [5.74, 6) is 0.446. The summed E-state index contributed by atoms with van der Waals surface area (Å²) in [6, 6.07) is 69.7. The van der Waals surface area contributed by atoms with Crippen LogP contribution in [0.4, 0.5) is 0 Å². The lowest BCUT2D eigenvalue weighted by Gasteiger charge is -2.17. The van der Waals surface area contributed by atoms with Crippen molar-refractivity contribution in [2.24, 2.45) is 0 Å². The number of fused-ring (bicyclic) bond motifs is 6. The third-order valence-electron chi connectivity index (χ3n) is 12.8. The Labute approximate surface area is 352 Å². The zero-order valence-corrected chi connectivity index (χ0v) is 34.1. The molecule has 0 fully saturated rings. The Kier molecular flexibility index (Phi) is 8.93. The number of para-hydroxylation sites is 2. The van der Waals surface area contributed by atoms with E-state index in [4.69, 9.17) is 0 Å². The summed E-state index contributed by atoms with van der Waals surface area (Å²) in [6.07, 6.45) is 7.86. The van der Waals surface area contributed by atoms with Crippen LogP contribution in [0.2, 0.25) is 0 Å². The third-order valence-corrected chi connectivity index (χ3v) is 12.8. The highest BCUT2D eigenvalue weighted by Gasteiger charge is 2.23. The van der Waals surface area contributed by atoms with Gasteiger partial charge >= 0.3 is 0 Å². The van der Waals surface area contributed by atoms with Gasteiger partial charge in [-0.05, 0) is 130 Å². The monoisotopic (exact) mass is 770 g/mol. The van der Waals surface area contributed by atoms with E-state index >= 15 is 0 Å². The minimum absolute atomic E-state index is 0.446. The summed E-state index contributed by atoms with van der Waals surface area (Å²) in [7, 11) is 0. The van der Waals surface area contributed by atoms with E-state index in [2.05, 4.69) is 223 Å². The van der Waals surface area contributed by atoms with Crippen LogP contribution in [0.5, 0.6) is 0 Å². The van der Waals surface area contributed by atoms with Crippen molar-refractivity contribution in [3.8, 4) is 55.9 Å². The quantitative estimate of drug-likeness (QED) is 0.146. The molecule has 2 aromatic heterocycles. The van der Waals surface area contributed by atoms with Gasteiger partial charge in [0.05, 0.1) is 16.6 Å². The maximum absolute atomic E-state index is 2.55. The zero-order valence-electron chi connectivity index (χ0n) is 34.1. The predicted octanol–water partition coefficient (Wildman–Crippen LogP) is 15.9. The van der Waals surface area contributed by atoms with Gasteiger partial charge in [0.1, 0.15) is 0 Å². The smallest absolute Gasteiger partial charge is 0.0616 e. The van der Waals surface area contributed by atoms with E-state index < -0.39 is 0 Å². The molecule has 0 amide bonds. The van der Waals surface area contributed by atoms with Crippen molar-refractivity contribution >= 4 is 38.8 Å². The van der Waals surface area contributed by atoms with E-state index in [0.717, 1.165) is 19.3 Å². The fourth-order valence-electron chi connectivity index (χ4n) is 9.62. The zero-order chi connectivity index (χ0) is 40.2. The molecule has 11 rings (SSSR count). The summed E-state index contributed by atoms with van der Waals surface area (Å²) in [5, 5.41) is 3.85. The van der Waals surface area contributed by atoms with E-state index in [1.807, 2.05) is 0 Å². The Hall–Kier alpha value is -7.16. The molecule has 0 spiro atoms. The van der Waals surface area contributed by atoms with E-state index in [1.165, 1.54) is 105 Å². The Bertz CT molecular complexity index is 3180. The Morgan fingerprint density at radius 1 is 0.467 bits per heavy atom. The van der Waals surface area contributed by atoms with Gasteiger partial charge in [0.2, 0.25) is 0 Å². The number of hydrogen-bond donors (Lipinski definition) is 0. The maximum Gasteiger partial charge on any atom is 0.0616 e. The van der Waals surface area contributed by atoms with Crippen molar-refractivity contribution in [3.63, 3.8) is 0 Å². The van der Waals surface area contributed by atoms with Crippen LogP contribution in [-0.2, 0) is 6.42 Å². The molecule has 288 valence electrons. The molecule has 0 N–H and O–H groups in total. The topological polar surface area (TPSA) is 9.86 Å². The fraction of sp³-hybridized carbons (Fsp3) is 0.103. The second kappa shape index (κ2) is 14.9. The highest BCUT2D eigenvalue weighted by Crippen LogP contribution is 2.43. The first kappa shape index (κ1) is 36.0. The summed E-state index contributed by atoms with van der Waals surface area (Å²) in [4.78, 5) is 0. The molecule has 0 aliphatic heterocycles. The van der Waals surface area contributed by atoms with Crippen LogP contribution in [0.25, 0.3) is 94.7 Å². The Morgan fingerprint density at radius 3 is 1.72 bits per heavy atom. The Balaban J connectivity index is 1.15. The molecule has 1 atom stereocenters. The van der Waals surface area contributed by atoms with Crippen molar-refractivity contribution in [2.45, 2.75) is 39.0 Å². The molecule has 1 unspecified atom stereocenters. The van der Waals surface area contributed by atoms with E-state index in [9.17, 15) is 0 Å². The maximum atomic E-state index is 2.55. The lowest BCUT2D eigenvalue weighted by atomic mass is 9.93. The van der Waals surface area contributed by atoms with Gasteiger partial charge in [-0.15, -0.1) is 0 Å². The third kappa shape index (κ3) is 6.10. The number of rotatable bonds is 8. The number of allylic oxidation sites excluding steroid dienone is 1. The number of benzene rings is 8.